The van der Waals surface area contributed by atoms with Crippen LogP contribution in [-0.4, -0.2) is 36.5 Å². The molecule has 0 bridgehead atoms. The molecule has 1 amide bonds. The molecule has 0 saturated carbocycles. The Labute approximate surface area is 160 Å². The van der Waals surface area contributed by atoms with Gasteiger partial charge in [0, 0.05) is 17.8 Å². The van der Waals surface area contributed by atoms with Crippen molar-refractivity contribution in [3.05, 3.63) is 40.7 Å². The summed E-state index contributed by atoms with van der Waals surface area (Å²) in [6.07, 6.45) is -1.95. The molecule has 0 unspecified atom stereocenters. The summed E-state index contributed by atoms with van der Waals surface area (Å²) < 4.78 is 51.5. The number of aromatic nitrogens is 2. The molecule has 1 heterocycles. The van der Waals surface area contributed by atoms with Crippen LogP contribution < -0.4 is 14.8 Å². The molecule has 1 N–H and O–H groups in total. The highest BCUT2D eigenvalue weighted by Crippen LogP contribution is 2.35. The molecule has 0 spiro atoms. The fourth-order valence-electron chi connectivity index (χ4n) is 3.52. The largest absolute Gasteiger partial charge is 0.493 e. The Hall–Kier alpha value is -2.71. The Morgan fingerprint density at radius 2 is 1.96 bits per heavy atom. The van der Waals surface area contributed by atoms with Crippen molar-refractivity contribution < 1.29 is 27.4 Å². The second-order valence-corrected chi connectivity index (χ2v) is 6.50. The second-order valence-electron chi connectivity index (χ2n) is 6.50. The average molecular weight is 397 g/mol. The van der Waals surface area contributed by atoms with Gasteiger partial charge >= 0.3 is 6.18 Å². The van der Waals surface area contributed by atoms with Crippen LogP contribution in [0.3, 0.4) is 0 Å². The van der Waals surface area contributed by atoms with Crippen molar-refractivity contribution in [2.45, 2.75) is 38.4 Å². The maximum Gasteiger partial charge on any atom is 0.435 e. The predicted octanol–water partition coefficient (Wildman–Crippen LogP) is 3.23. The van der Waals surface area contributed by atoms with E-state index in [1.165, 1.54) is 18.9 Å². The van der Waals surface area contributed by atoms with Crippen LogP contribution in [-0.2, 0) is 25.6 Å². The molecule has 2 aromatic rings. The van der Waals surface area contributed by atoms with Crippen LogP contribution in [0.25, 0.3) is 0 Å². The van der Waals surface area contributed by atoms with Gasteiger partial charge in [0.15, 0.2) is 17.2 Å². The van der Waals surface area contributed by atoms with Crippen LogP contribution in [0.2, 0.25) is 0 Å². The van der Waals surface area contributed by atoms with Gasteiger partial charge in [-0.3, -0.25) is 9.48 Å². The molecule has 1 aliphatic rings. The van der Waals surface area contributed by atoms with Crippen LogP contribution in [0.4, 0.5) is 13.2 Å². The minimum atomic E-state index is -4.47. The van der Waals surface area contributed by atoms with Gasteiger partial charge in [-0.05, 0) is 37.8 Å². The number of halogens is 3. The first-order valence-corrected chi connectivity index (χ1v) is 9.01. The number of hydrogen-bond donors (Lipinski definition) is 1. The van der Waals surface area contributed by atoms with Gasteiger partial charge in [-0.1, -0.05) is 6.07 Å². The van der Waals surface area contributed by atoms with Gasteiger partial charge in [0.25, 0.3) is 5.91 Å². The summed E-state index contributed by atoms with van der Waals surface area (Å²) in [4.78, 5) is 12.5. The van der Waals surface area contributed by atoms with E-state index in [4.69, 9.17) is 9.47 Å². The highest BCUT2D eigenvalue weighted by molar-refractivity contribution is 5.97. The average Bonchev–Trinajstić information content (AvgIpc) is 3.06. The number of hydrogen-bond acceptors (Lipinski definition) is 4. The molecule has 0 radical (unpaired) electrons. The number of para-hydroxylation sites is 1. The molecule has 0 saturated heterocycles. The number of alkyl halides is 3. The molecule has 6 nitrogen and oxygen atoms in total. The second kappa shape index (κ2) is 8.12. The number of carbonyl (C=O) groups is 1. The first-order valence-electron chi connectivity index (χ1n) is 9.01. The topological polar surface area (TPSA) is 65.4 Å². The van der Waals surface area contributed by atoms with Crippen molar-refractivity contribution in [2.75, 3.05) is 20.8 Å². The van der Waals surface area contributed by atoms with E-state index < -0.39 is 17.8 Å². The summed E-state index contributed by atoms with van der Waals surface area (Å²) in [7, 11) is 2.90. The molecule has 28 heavy (non-hydrogen) atoms. The number of carbonyl (C=O) groups excluding carboxylic acids is 1. The predicted molar refractivity (Wildman–Crippen MR) is 95.8 cm³/mol. The zero-order valence-electron chi connectivity index (χ0n) is 15.7. The van der Waals surface area contributed by atoms with Gasteiger partial charge in [-0.2, -0.15) is 18.3 Å². The molecule has 3 rings (SSSR count). The lowest BCUT2D eigenvalue weighted by atomic mass is 9.95. The highest BCUT2D eigenvalue weighted by atomic mass is 19.4. The number of fused-ring (bicyclic) bond motifs is 1. The maximum atomic E-state index is 13.2. The van der Waals surface area contributed by atoms with Gasteiger partial charge < -0.3 is 14.8 Å². The molecule has 1 aromatic carbocycles. The number of nitrogens with zero attached hydrogens (tertiary/aromatic N) is 2. The number of nitrogens with one attached hydrogen (secondary N) is 1. The van der Waals surface area contributed by atoms with Crippen LogP contribution in [0, 0.1) is 0 Å². The molecule has 1 aromatic heterocycles. The van der Waals surface area contributed by atoms with E-state index in [0.717, 1.165) is 12.8 Å². The first-order chi connectivity index (χ1) is 13.4. The summed E-state index contributed by atoms with van der Waals surface area (Å²) in [6, 6.07) is 4.92. The van der Waals surface area contributed by atoms with Crippen molar-refractivity contribution in [1.29, 1.82) is 0 Å². The van der Waals surface area contributed by atoms with E-state index in [1.807, 2.05) is 0 Å². The molecule has 1 aliphatic carbocycles. The number of methoxy groups -OCH3 is 2. The maximum absolute atomic E-state index is 13.2. The highest BCUT2D eigenvalue weighted by Gasteiger charge is 2.39. The van der Waals surface area contributed by atoms with Crippen molar-refractivity contribution in [3.63, 3.8) is 0 Å². The fourth-order valence-corrected chi connectivity index (χ4v) is 3.52. The van der Waals surface area contributed by atoms with E-state index in [-0.39, 0.29) is 13.1 Å². The smallest absolute Gasteiger partial charge is 0.435 e. The van der Waals surface area contributed by atoms with E-state index in [2.05, 4.69) is 10.4 Å². The van der Waals surface area contributed by atoms with Gasteiger partial charge in [-0.25, -0.2) is 0 Å². The Balaban J connectivity index is 1.72. The molecule has 0 aliphatic heterocycles. The normalized spacial score (nSPS) is 13.8. The first kappa shape index (κ1) is 20.0. The minimum Gasteiger partial charge on any atom is -0.493 e. The van der Waals surface area contributed by atoms with Crippen molar-refractivity contribution >= 4 is 5.91 Å². The van der Waals surface area contributed by atoms with Crippen LogP contribution >= 0.6 is 0 Å². The molecule has 0 fully saturated rings. The van der Waals surface area contributed by atoms with Gasteiger partial charge in [-0.15, -0.1) is 0 Å². The summed E-state index contributed by atoms with van der Waals surface area (Å²) >= 11 is 0. The Bertz CT molecular complexity index is 862. The fraction of sp³-hybridized carbons (Fsp3) is 0.474. The molecule has 9 heteroatoms. The quantitative estimate of drug-likeness (QED) is 0.813. The zero-order chi connectivity index (χ0) is 20.3. The van der Waals surface area contributed by atoms with E-state index in [1.54, 1.807) is 18.2 Å². The standard InChI is InChI=1S/C19H22F3N3O3/c1-27-15-9-5-7-13(16(15)28-2)18(26)23-10-11-25-14-8-4-3-6-12(14)17(24-25)19(20,21)22/h5,7,9H,3-4,6,8,10-11H2,1-2H3,(H,23,26). The number of benzene rings is 1. The Morgan fingerprint density at radius 1 is 1.21 bits per heavy atom. The molecule has 0 atom stereocenters. The van der Waals surface area contributed by atoms with Crippen LogP contribution in [0.5, 0.6) is 11.5 Å². The lowest BCUT2D eigenvalue weighted by Crippen LogP contribution is -2.28. The number of rotatable bonds is 6. The third-order valence-corrected chi connectivity index (χ3v) is 4.78. The monoisotopic (exact) mass is 397 g/mol. The summed E-state index contributed by atoms with van der Waals surface area (Å²) in [5, 5.41) is 6.50. The van der Waals surface area contributed by atoms with E-state index in [0.29, 0.717) is 41.2 Å². The van der Waals surface area contributed by atoms with Crippen molar-refractivity contribution in [2.24, 2.45) is 0 Å². The summed E-state index contributed by atoms with van der Waals surface area (Å²) in [5.74, 6) is 0.331. The summed E-state index contributed by atoms with van der Waals surface area (Å²) in [5.41, 5.74) is 0.398. The van der Waals surface area contributed by atoms with Gasteiger partial charge in [0.2, 0.25) is 0 Å². The third-order valence-electron chi connectivity index (χ3n) is 4.78. The van der Waals surface area contributed by atoms with E-state index >= 15 is 0 Å². The molecular formula is C19H22F3N3O3. The van der Waals surface area contributed by atoms with Crippen molar-refractivity contribution in [3.8, 4) is 11.5 Å². The van der Waals surface area contributed by atoms with Crippen LogP contribution in [0.15, 0.2) is 18.2 Å². The summed E-state index contributed by atoms with van der Waals surface area (Å²) in [6.45, 7) is 0.307. The van der Waals surface area contributed by atoms with Gasteiger partial charge in [0.05, 0.1) is 26.3 Å². The lowest BCUT2D eigenvalue weighted by molar-refractivity contribution is -0.142. The Kier molecular flexibility index (Phi) is 5.81. The Morgan fingerprint density at radius 3 is 2.64 bits per heavy atom. The van der Waals surface area contributed by atoms with E-state index in [9.17, 15) is 18.0 Å². The van der Waals surface area contributed by atoms with Crippen molar-refractivity contribution in [1.82, 2.24) is 15.1 Å². The van der Waals surface area contributed by atoms with Gasteiger partial charge in [0.1, 0.15) is 0 Å². The lowest BCUT2D eigenvalue weighted by Gasteiger charge is -2.15. The third kappa shape index (κ3) is 3.93. The molecule has 152 valence electrons. The SMILES string of the molecule is COc1cccc(C(=O)NCCn2nc(C(F)(F)F)c3c2CCCC3)c1OC. The number of ether oxygens (including phenoxy) is 2. The minimum absolute atomic E-state index is 0.143. The zero-order valence-corrected chi connectivity index (χ0v) is 15.7. The molecular weight excluding hydrogens is 375 g/mol. The number of amides is 1. The van der Waals surface area contributed by atoms with Crippen LogP contribution in [0.1, 0.15) is 40.2 Å².